The van der Waals surface area contributed by atoms with Gasteiger partial charge in [-0.1, -0.05) is 45.9 Å². The van der Waals surface area contributed by atoms with Crippen LogP contribution in [0.1, 0.15) is 50.8 Å². The van der Waals surface area contributed by atoms with Gasteiger partial charge in [0.15, 0.2) is 0 Å². The summed E-state index contributed by atoms with van der Waals surface area (Å²) in [7, 11) is 0. The molecule has 0 spiro atoms. The Hall–Kier alpha value is -1.81. The van der Waals surface area contributed by atoms with E-state index in [0.29, 0.717) is 12.5 Å². The largest absolute Gasteiger partial charge is 0.444 e. The first-order valence-electron chi connectivity index (χ1n) is 8.12. The number of rotatable bonds is 8. The Morgan fingerprint density at radius 2 is 1.91 bits per heavy atom. The predicted molar refractivity (Wildman–Crippen MR) is 91.0 cm³/mol. The molecule has 1 heterocycles. The second kappa shape index (κ2) is 7.99. The van der Waals surface area contributed by atoms with Gasteiger partial charge in [0.05, 0.1) is 12.7 Å². The normalized spacial score (nSPS) is 11.4. The first-order chi connectivity index (χ1) is 10.6. The van der Waals surface area contributed by atoms with Crippen LogP contribution in [0.5, 0.6) is 0 Å². The molecule has 120 valence electrons. The Morgan fingerprint density at radius 3 is 2.55 bits per heavy atom. The van der Waals surface area contributed by atoms with Gasteiger partial charge in [-0.3, -0.25) is 4.90 Å². The lowest BCUT2D eigenvalue weighted by molar-refractivity contribution is 0.296. The number of nitrogens with zero attached hydrogens (tertiary/aromatic N) is 2. The van der Waals surface area contributed by atoms with Crippen molar-refractivity contribution >= 4 is 5.69 Å². The SMILES string of the molecule is CCN(CC)Cc1ccccc1NCc1ncc(C(C)C)o1. The predicted octanol–water partition coefficient (Wildman–Crippen LogP) is 4.25. The molecule has 0 amide bonds. The van der Waals surface area contributed by atoms with Crippen molar-refractivity contribution in [2.75, 3.05) is 18.4 Å². The molecule has 0 atom stereocenters. The average molecular weight is 301 g/mol. The molecule has 1 aromatic heterocycles. The van der Waals surface area contributed by atoms with E-state index in [-0.39, 0.29) is 0 Å². The molecule has 0 aliphatic carbocycles. The Labute approximate surface area is 133 Å². The van der Waals surface area contributed by atoms with E-state index >= 15 is 0 Å². The van der Waals surface area contributed by atoms with Crippen molar-refractivity contribution in [3.63, 3.8) is 0 Å². The lowest BCUT2D eigenvalue weighted by atomic mass is 10.1. The maximum Gasteiger partial charge on any atom is 0.213 e. The van der Waals surface area contributed by atoms with Crippen molar-refractivity contribution < 1.29 is 4.42 Å². The molecule has 0 bridgehead atoms. The van der Waals surface area contributed by atoms with E-state index in [9.17, 15) is 0 Å². The molecule has 4 nitrogen and oxygen atoms in total. The van der Waals surface area contributed by atoms with Crippen molar-refractivity contribution in [1.82, 2.24) is 9.88 Å². The summed E-state index contributed by atoms with van der Waals surface area (Å²) < 4.78 is 5.75. The molecular formula is C18H27N3O. The first-order valence-corrected chi connectivity index (χ1v) is 8.12. The molecule has 1 aromatic carbocycles. The highest BCUT2D eigenvalue weighted by Crippen LogP contribution is 2.19. The quantitative estimate of drug-likeness (QED) is 0.791. The van der Waals surface area contributed by atoms with Gasteiger partial charge < -0.3 is 9.73 Å². The lowest BCUT2D eigenvalue weighted by Crippen LogP contribution is -2.22. The van der Waals surface area contributed by atoms with Crippen LogP contribution >= 0.6 is 0 Å². The van der Waals surface area contributed by atoms with Gasteiger partial charge in [0, 0.05) is 18.2 Å². The van der Waals surface area contributed by atoms with Gasteiger partial charge in [0.25, 0.3) is 0 Å². The molecule has 0 saturated carbocycles. The topological polar surface area (TPSA) is 41.3 Å². The highest BCUT2D eigenvalue weighted by molar-refractivity contribution is 5.51. The number of nitrogens with one attached hydrogen (secondary N) is 1. The number of para-hydroxylation sites is 1. The summed E-state index contributed by atoms with van der Waals surface area (Å²) in [5, 5.41) is 3.45. The second-order valence-electron chi connectivity index (χ2n) is 5.78. The van der Waals surface area contributed by atoms with E-state index < -0.39 is 0 Å². The summed E-state index contributed by atoms with van der Waals surface area (Å²) in [6.07, 6.45) is 1.82. The fourth-order valence-electron chi connectivity index (χ4n) is 2.36. The second-order valence-corrected chi connectivity index (χ2v) is 5.78. The highest BCUT2D eigenvalue weighted by atomic mass is 16.4. The molecule has 4 heteroatoms. The molecule has 22 heavy (non-hydrogen) atoms. The molecule has 1 N–H and O–H groups in total. The van der Waals surface area contributed by atoms with Gasteiger partial charge in [0.2, 0.25) is 5.89 Å². The summed E-state index contributed by atoms with van der Waals surface area (Å²) in [6.45, 7) is 12.3. The average Bonchev–Trinajstić information content (AvgIpc) is 3.00. The Bertz CT molecular complexity index is 573. The molecule has 0 aliphatic heterocycles. The molecule has 0 aliphatic rings. The minimum Gasteiger partial charge on any atom is -0.444 e. The third-order valence-corrected chi connectivity index (χ3v) is 3.88. The monoisotopic (exact) mass is 301 g/mol. The third-order valence-electron chi connectivity index (χ3n) is 3.88. The summed E-state index contributed by atoms with van der Waals surface area (Å²) in [6, 6.07) is 8.44. The van der Waals surface area contributed by atoms with Gasteiger partial charge in [-0.05, 0) is 24.7 Å². The summed E-state index contributed by atoms with van der Waals surface area (Å²) >= 11 is 0. The van der Waals surface area contributed by atoms with Gasteiger partial charge >= 0.3 is 0 Å². The zero-order chi connectivity index (χ0) is 15.9. The number of benzene rings is 1. The summed E-state index contributed by atoms with van der Waals surface area (Å²) in [5.74, 6) is 2.05. The zero-order valence-corrected chi connectivity index (χ0v) is 14.1. The summed E-state index contributed by atoms with van der Waals surface area (Å²) in [4.78, 5) is 6.74. The van der Waals surface area contributed by atoms with E-state index in [1.54, 1.807) is 0 Å². The number of hydrogen-bond donors (Lipinski definition) is 1. The summed E-state index contributed by atoms with van der Waals surface area (Å²) in [5.41, 5.74) is 2.46. The molecule has 0 fully saturated rings. The zero-order valence-electron chi connectivity index (χ0n) is 14.1. The Balaban J connectivity index is 2.02. The molecule has 0 saturated heterocycles. The van der Waals surface area contributed by atoms with Crippen LogP contribution in [0.3, 0.4) is 0 Å². The van der Waals surface area contributed by atoms with Crippen molar-refractivity contribution in [3.05, 3.63) is 47.7 Å². The molecule has 0 unspecified atom stereocenters. The van der Waals surface area contributed by atoms with E-state index in [2.05, 4.69) is 67.2 Å². The number of hydrogen-bond acceptors (Lipinski definition) is 4. The van der Waals surface area contributed by atoms with Crippen LogP contribution in [0.4, 0.5) is 5.69 Å². The standard InChI is InChI=1S/C18H27N3O/c1-5-21(6-2)13-15-9-7-8-10-16(15)19-12-18-20-11-17(22-18)14(3)4/h7-11,14,19H,5-6,12-13H2,1-4H3. The number of anilines is 1. The van der Waals surface area contributed by atoms with Crippen LogP contribution in [0.15, 0.2) is 34.9 Å². The van der Waals surface area contributed by atoms with Crippen molar-refractivity contribution in [1.29, 1.82) is 0 Å². The van der Waals surface area contributed by atoms with Crippen LogP contribution in [0, 0.1) is 0 Å². The fourth-order valence-corrected chi connectivity index (χ4v) is 2.36. The van der Waals surface area contributed by atoms with Gasteiger partial charge in [-0.15, -0.1) is 0 Å². The van der Waals surface area contributed by atoms with Gasteiger partial charge in [-0.25, -0.2) is 4.98 Å². The van der Waals surface area contributed by atoms with Crippen LogP contribution in [-0.4, -0.2) is 23.0 Å². The minimum absolute atomic E-state index is 0.371. The fraction of sp³-hybridized carbons (Fsp3) is 0.500. The lowest BCUT2D eigenvalue weighted by Gasteiger charge is -2.20. The van der Waals surface area contributed by atoms with E-state index in [1.807, 2.05) is 6.20 Å². The van der Waals surface area contributed by atoms with E-state index in [1.165, 1.54) is 5.56 Å². The van der Waals surface area contributed by atoms with Crippen LogP contribution in [0.2, 0.25) is 0 Å². The molecule has 2 rings (SSSR count). The molecular weight excluding hydrogens is 274 g/mol. The molecule has 0 radical (unpaired) electrons. The maximum absolute atomic E-state index is 5.75. The van der Waals surface area contributed by atoms with Crippen LogP contribution < -0.4 is 5.32 Å². The Morgan fingerprint density at radius 1 is 1.18 bits per heavy atom. The van der Waals surface area contributed by atoms with E-state index in [0.717, 1.165) is 37.0 Å². The number of oxazole rings is 1. The van der Waals surface area contributed by atoms with Crippen molar-refractivity contribution in [2.24, 2.45) is 0 Å². The van der Waals surface area contributed by atoms with Crippen LogP contribution in [0.25, 0.3) is 0 Å². The first kappa shape index (κ1) is 16.6. The smallest absolute Gasteiger partial charge is 0.213 e. The van der Waals surface area contributed by atoms with Crippen LogP contribution in [-0.2, 0) is 13.1 Å². The van der Waals surface area contributed by atoms with Crippen molar-refractivity contribution in [3.8, 4) is 0 Å². The van der Waals surface area contributed by atoms with Gasteiger partial charge in [-0.2, -0.15) is 0 Å². The highest BCUT2D eigenvalue weighted by Gasteiger charge is 2.09. The van der Waals surface area contributed by atoms with Gasteiger partial charge in [0.1, 0.15) is 5.76 Å². The maximum atomic E-state index is 5.75. The minimum atomic E-state index is 0.371. The van der Waals surface area contributed by atoms with Crippen molar-refractivity contribution in [2.45, 2.75) is 46.7 Å². The third kappa shape index (κ3) is 4.34. The van der Waals surface area contributed by atoms with E-state index in [4.69, 9.17) is 4.42 Å². The Kier molecular flexibility index (Phi) is 6.01. The molecule has 2 aromatic rings. The number of aromatic nitrogens is 1.